The van der Waals surface area contributed by atoms with E-state index in [1.54, 1.807) is 24.3 Å². The van der Waals surface area contributed by atoms with Crippen LogP contribution < -0.4 is 4.31 Å². The number of hydrogen-bond donors (Lipinski definition) is 0. The first-order valence-electron chi connectivity index (χ1n) is 9.73. The number of sulfonamides is 1. The van der Waals surface area contributed by atoms with Gasteiger partial charge in [-0.2, -0.15) is 4.98 Å². The van der Waals surface area contributed by atoms with Crippen LogP contribution in [0.2, 0.25) is 0 Å². The number of hydrogen-bond acceptors (Lipinski definition) is 5. The van der Waals surface area contributed by atoms with Gasteiger partial charge in [0.15, 0.2) is 0 Å². The Bertz CT molecular complexity index is 1300. The summed E-state index contributed by atoms with van der Waals surface area (Å²) < 4.78 is 33.7. The number of aromatic nitrogens is 2. The quantitative estimate of drug-likeness (QED) is 0.487. The predicted octanol–water partition coefficient (Wildman–Crippen LogP) is 4.55. The maximum atomic E-state index is 13.4. The molecule has 1 aromatic heterocycles. The van der Waals surface area contributed by atoms with Gasteiger partial charge in [-0.25, -0.2) is 8.42 Å². The summed E-state index contributed by atoms with van der Waals surface area (Å²) in [6, 6.07) is 23.8. The second-order valence-corrected chi connectivity index (χ2v) is 8.99. The number of fused-ring (bicyclic) bond motifs is 1. The molecular formula is C23H19N3O3S. The Morgan fingerprint density at radius 2 is 1.63 bits per heavy atom. The van der Waals surface area contributed by atoms with Gasteiger partial charge in [0.25, 0.3) is 15.9 Å². The van der Waals surface area contributed by atoms with Crippen molar-refractivity contribution in [2.75, 3.05) is 10.8 Å². The van der Waals surface area contributed by atoms with Crippen molar-refractivity contribution >= 4 is 15.7 Å². The number of para-hydroxylation sites is 1. The zero-order valence-electron chi connectivity index (χ0n) is 16.1. The van der Waals surface area contributed by atoms with E-state index >= 15 is 0 Å². The Kier molecular flexibility index (Phi) is 4.59. The van der Waals surface area contributed by atoms with Gasteiger partial charge in [0.2, 0.25) is 5.82 Å². The van der Waals surface area contributed by atoms with Crippen LogP contribution >= 0.6 is 0 Å². The van der Waals surface area contributed by atoms with E-state index in [0.29, 0.717) is 17.9 Å². The average Bonchev–Trinajstić information content (AvgIpc) is 3.30. The van der Waals surface area contributed by atoms with Crippen LogP contribution in [0.1, 0.15) is 12.0 Å². The van der Waals surface area contributed by atoms with E-state index < -0.39 is 10.0 Å². The monoisotopic (exact) mass is 417 g/mol. The van der Waals surface area contributed by atoms with E-state index in [0.717, 1.165) is 29.7 Å². The van der Waals surface area contributed by atoms with Crippen molar-refractivity contribution < 1.29 is 12.9 Å². The molecule has 0 spiro atoms. The normalized spacial score (nSPS) is 13.8. The molecule has 2 heterocycles. The first-order chi connectivity index (χ1) is 14.6. The molecule has 3 aromatic carbocycles. The zero-order chi connectivity index (χ0) is 20.6. The lowest BCUT2D eigenvalue weighted by molar-refractivity contribution is 0.432. The number of anilines is 1. The standard InChI is InChI=1S/C23H19N3O3S/c27-30(28,26-15-7-12-17-8-4-5-14-21(17)26)20-13-6-11-19(16-20)23-24-22(25-29-23)18-9-2-1-3-10-18/h1-6,8-11,13-14,16H,7,12,15H2. The summed E-state index contributed by atoms with van der Waals surface area (Å²) in [6.07, 6.45) is 1.67. The molecule has 1 aliphatic heterocycles. The van der Waals surface area contributed by atoms with Gasteiger partial charge in [0, 0.05) is 17.7 Å². The smallest absolute Gasteiger partial charge is 0.264 e. The van der Waals surface area contributed by atoms with Crippen molar-refractivity contribution in [1.29, 1.82) is 0 Å². The Labute approximate surface area is 174 Å². The fourth-order valence-electron chi connectivity index (χ4n) is 3.71. The molecule has 0 aliphatic carbocycles. The van der Waals surface area contributed by atoms with Gasteiger partial charge < -0.3 is 4.52 Å². The second-order valence-electron chi connectivity index (χ2n) is 7.13. The molecule has 1 aliphatic rings. The van der Waals surface area contributed by atoms with Crippen LogP contribution in [0.15, 0.2) is 88.3 Å². The van der Waals surface area contributed by atoms with E-state index in [1.165, 1.54) is 4.31 Å². The molecule has 0 bridgehead atoms. The summed E-state index contributed by atoms with van der Waals surface area (Å²) in [4.78, 5) is 4.64. The number of nitrogens with zero attached hydrogens (tertiary/aromatic N) is 3. The van der Waals surface area contributed by atoms with E-state index in [4.69, 9.17) is 4.52 Å². The fraction of sp³-hybridized carbons (Fsp3) is 0.130. The molecule has 0 atom stereocenters. The molecule has 30 heavy (non-hydrogen) atoms. The zero-order valence-corrected chi connectivity index (χ0v) is 16.9. The van der Waals surface area contributed by atoms with Crippen LogP contribution in [0.3, 0.4) is 0 Å². The highest BCUT2D eigenvalue weighted by Crippen LogP contribution is 2.33. The third kappa shape index (κ3) is 3.27. The van der Waals surface area contributed by atoms with E-state index in [2.05, 4.69) is 10.1 Å². The minimum Gasteiger partial charge on any atom is -0.334 e. The largest absolute Gasteiger partial charge is 0.334 e. The Morgan fingerprint density at radius 1 is 0.867 bits per heavy atom. The SMILES string of the molecule is O=S(=O)(c1cccc(-c2nc(-c3ccccc3)no2)c1)N1CCCc2ccccc21. The van der Waals surface area contributed by atoms with Crippen molar-refractivity contribution in [2.24, 2.45) is 0 Å². The second kappa shape index (κ2) is 7.42. The lowest BCUT2D eigenvalue weighted by Crippen LogP contribution is -2.35. The van der Waals surface area contributed by atoms with Crippen molar-refractivity contribution in [3.8, 4) is 22.8 Å². The molecule has 0 saturated carbocycles. The van der Waals surface area contributed by atoms with E-state index in [9.17, 15) is 8.42 Å². The highest BCUT2D eigenvalue weighted by Gasteiger charge is 2.29. The Morgan fingerprint density at radius 3 is 2.50 bits per heavy atom. The topological polar surface area (TPSA) is 76.3 Å². The molecule has 0 radical (unpaired) electrons. The highest BCUT2D eigenvalue weighted by atomic mass is 32.2. The van der Waals surface area contributed by atoms with Crippen LogP contribution in [0.5, 0.6) is 0 Å². The summed E-state index contributed by atoms with van der Waals surface area (Å²) >= 11 is 0. The average molecular weight is 417 g/mol. The van der Waals surface area contributed by atoms with Crippen molar-refractivity contribution in [3.05, 3.63) is 84.4 Å². The van der Waals surface area contributed by atoms with E-state index in [1.807, 2.05) is 54.6 Å². The lowest BCUT2D eigenvalue weighted by atomic mass is 10.0. The Balaban J connectivity index is 1.51. The van der Waals surface area contributed by atoms with Gasteiger partial charge in [-0.05, 0) is 42.7 Å². The van der Waals surface area contributed by atoms with Gasteiger partial charge in [-0.15, -0.1) is 0 Å². The van der Waals surface area contributed by atoms with Gasteiger partial charge in [0.1, 0.15) is 0 Å². The van der Waals surface area contributed by atoms with Gasteiger partial charge in [0.05, 0.1) is 10.6 Å². The molecular weight excluding hydrogens is 398 g/mol. The summed E-state index contributed by atoms with van der Waals surface area (Å²) in [5, 5.41) is 4.03. The van der Waals surface area contributed by atoms with Gasteiger partial charge in [-0.1, -0.05) is 59.8 Å². The van der Waals surface area contributed by atoms with Crippen molar-refractivity contribution in [1.82, 2.24) is 10.1 Å². The van der Waals surface area contributed by atoms with Crippen molar-refractivity contribution in [3.63, 3.8) is 0 Å². The maximum Gasteiger partial charge on any atom is 0.264 e. The molecule has 4 aromatic rings. The number of benzene rings is 3. The first kappa shape index (κ1) is 18.6. The first-order valence-corrected chi connectivity index (χ1v) is 11.2. The molecule has 0 fully saturated rings. The third-order valence-corrected chi connectivity index (χ3v) is 7.00. The van der Waals surface area contributed by atoms with Crippen molar-refractivity contribution in [2.45, 2.75) is 17.7 Å². The molecule has 0 saturated heterocycles. The summed E-state index contributed by atoms with van der Waals surface area (Å²) in [7, 11) is -3.71. The van der Waals surface area contributed by atoms with Crippen LogP contribution in [-0.4, -0.2) is 25.1 Å². The molecule has 0 N–H and O–H groups in total. The van der Waals surface area contributed by atoms with Crippen LogP contribution in [-0.2, 0) is 16.4 Å². The Hall–Kier alpha value is -3.45. The lowest BCUT2D eigenvalue weighted by Gasteiger charge is -2.30. The fourth-order valence-corrected chi connectivity index (χ4v) is 5.30. The molecule has 5 rings (SSSR count). The molecule has 7 heteroatoms. The van der Waals surface area contributed by atoms with Gasteiger partial charge >= 0.3 is 0 Å². The minimum atomic E-state index is -3.71. The van der Waals surface area contributed by atoms with Gasteiger partial charge in [-0.3, -0.25) is 4.31 Å². The summed E-state index contributed by atoms with van der Waals surface area (Å²) in [6.45, 7) is 0.461. The molecule has 0 unspecified atom stereocenters. The van der Waals surface area contributed by atoms with Crippen LogP contribution in [0, 0.1) is 0 Å². The maximum absolute atomic E-state index is 13.4. The molecule has 0 amide bonds. The molecule has 6 nitrogen and oxygen atoms in total. The summed E-state index contributed by atoms with van der Waals surface area (Å²) in [5.41, 5.74) is 3.20. The predicted molar refractivity (Wildman–Crippen MR) is 114 cm³/mol. The van der Waals surface area contributed by atoms with E-state index in [-0.39, 0.29) is 10.8 Å². The van der Waals surface area contributed by atoms with Crippen LogP contribution in [0.4, 0.5) is 5.69 Å². The van der Waals surface area contributed by atoms with Crippen LogP contribution in [0.25, 0.3) is 22.8 Å². The molecule has 150 valence electrons. The third-order valence-electron chi connectivity index (χ3n) is 5.19. The summed E-state index contributed by atoms with van der Waals surface area (Å²) in [5.74, 6) is 0.744. The number of rotatable bonds is 4. The minimum absolute atomic E-state index is 0.205. The number of aryl methyl sites for hydroxylation is 1. The highest BCUT2D eigenvalue weighted by molar-refractivity contribution is 7.92.